The predicted molar refractivity (Wildman–Crippen MR) is 79.1 cm³/mol. The third-order valence-corrected chi connectivity index (χ3v) is 4.32. The first kappa shape index (κ1) is 14.1. The Hall–Kier alpha value is -1.31. The molecule has 1 atom stereocenters. The van der Waals surface area contributed by atoms with Gasteiger partial charge in [0.25, 0.3) is 0 Å². The van der Waals surface area contributed by atoms with Crippen molar-refractivity contribution in [3.63, 3.8) is 0 Å². The third-order valence-electron chi connectivity index (χ3n) is 4.32. The highest BCUT2D eigenvalue weighted by Crippen LogP contribution is 2.41. The Kier molecular flexibility index (Phi) is 4.62. The van der Waals surface area contributed by atoms with Gasteiger partial charge >= 0.3 is 0 Å². The van der Waals surface area contributed by atoms with Crippen LogP contribution in [-0.4, -0.2) is 11.9 Å². The van der Waals surface area contributed by atoms with Gasteiger partial charge in [0.2, 0.25) is 5.91 Å². The van der Waals surface area contributed by atoms with Gasteiger partial charge in [0.1, 0.15) is 0 Å². The lowest BCUT2D eigenvalue weighted by molar-refractivity contribution is -0.127. The second-order valence-electron chi connectivity index (χ2n) is 5.82. The first-order chi connectivity index (χ1) is 9.19. The van der Waals surface area contributed by atoms with E-state index in [0.717, 1.165) is 38.5 Å². The van der Waals surface area contributed by atoms with Crippen molar-refractivity contribution in [3.05, 3.63) is 35.9 Å². The fourth-order valence-electron chi connectivity index (χ4n) is 3.25. The molecule has 1 aromatic rings. The van der Waals surface area contributed by atoms with E-state index in [9.17, 15) is 4.79 Å². The SMILES string of the molecule is CCCC(C)NC(=O)C1(c2ccccc2)CCCC1. The van der Waals surface area contributed by atoms with Gasteiger partial charge in [-0.2, -0.15) is 0 Å². The number of carbonyl (C=O) groups is 1. The van der Waals surface area contributed by atoms with Crippen molar-refractivity contribution in [3.8, 4) is 0 Å². The quantitative estimate of drug-likeness (QED) is 0.856. The van der Waals surface area contributed by atoms with Crippen LogP contribution in [0, 0.1) is 0 Å². The number of rotatable bonds is 5. The number of nitrogens with one attached hydrogen (secondary N) is 1. The topological polar surface area (TPSA) is 29.1 Å². The summed E-state index contributed by atoms with van der Waals surface area (Å²) >= 11 is 0. The molecular weight excluding hydrogens is 234 g/mol. The molecule has 104 valence electrons. The maximum atomic E-state index is 12.7. The standard InChI is InChI=1S/C17H25NO/c1-3-9-14(2)18-16(19)17(12-7-8-13-17)15-10-5-4-6-11-15/h4-6,10-11,14H,3,7-9,12-13H2,1-2H3,(H,18,19). The van der Waals surface area contributed by atoms with Crippen LogP contribution < -0.4 is 5.32 Å². The van der Waals surface area contributed by atoms with Crippen LogP contribution >= 0.6 is 0 Å². The maximum absolute atomic E-state index is 12.7. The summed E-state index contributed by atoms with van der Waals surface area (Å²) in [5, 5.41) is 3.22. The van der Waals surface area contributed by atoms with E-state index in [0.29, 0.717) is 0 Å². The van der Waals surface area contributed by atoms with Crippen molar-refractivity contribution in [2.45, 2.75) is 63.8 Å². The van der Waals surface area contributed by atoms with Crippen molar-refractivity contribution in [2.24, 2.45) is 0 Å². The zero-order chi connectivity index (χ0) is 13.7. The molecule has 1 N–H and O–H groups in total. The minimum Gasteiger partial charge on any atom is -0.353 e. The summed E-state index contributed by atoms with van der Waals surface area (Å²) in [6, 6.07) is 10.6. The lowest BCUT2D eigenvalue weighted by Crippen LogP contribution is -2.46. The summed E-state index contributed by atoms with van der Waals surface area (Å²) in [5.74, 6) is 0.233. The predicted octanol–water partition coefficient (Wildman–Crippen LogP) is 3.80. The molecule has 1 aliphatic carbocycles. The van der Waals surface area contributed by atoms with E-state index < -0.39 is 0 Å². The molecule has 1 saturated carbocycles. The van der Waals surface area contributed by atoms with E-state index in [1.165, 1.54) is 5.56 Å². The van der Waals surface area contributed by atoms with Crippen molar-refractivity contribution in [1.29, 1.82) is 0 Å². The van der Waals surface area contributed by atoms with Crippen LogP contribution in [0.15, 0.2) is 30.3 Å². The lowest BCUT2D eigenvalue weighted by Gasteiger charge is -2.30. The van der Waals surface area contributed by atoms with E-state index in [4.69, 9.17) is 0 Å². The molecule has 0 aliphatic heterocycles. The number of hydrogen-bond acceptors (Lipinski definition) is 1. The average Bonchev–Trinajstić information content (AvgIpc) is 2.90. The first-order valence-corrected chi connectivity index (χ1v) is 7.55. The Labute approximate surface area is 116 Å². The molecule has 1 amide bonds. The molecule has 0 bridgehead atoms. The fraction of sp³-hybridized carbons (Fsp3) is 0.588. The van der Waals surface area contributed by atoms with Gasteiger partial charge in [0.15, 0.2) is 0 Å². The van der Waals surface area contributed by atoms with E-state index in [1.807, 2.05) is 18.2 Å². The molecular formula is C17H25NO. The van der Waals surface area contributed by atoms with Crippen LogP contribution in [0.25, 0.3) is 0 Å². The zero-order valence-electron chi connectivity index (χ0n) is 12.1. The second-order valence-corrected chi connectivity index (χ2v) is 5.82. The van der Waals surface area contributed by atoms with Crippen LogP contribution in [0.2, 0.25) is 0 Å². The van der Waals surface area contributed by atoms with Gasteiger partial charge in [-0.15, -0.1) is 0 Å². The highest BCUT2D eigenvalue weighted by molar-refractivity contribution is 5.88. The second kappa shape index (κ2) is 6.23. The molecule has 19 heavy (non-hydrogen) atoms. The zero-order valence-corrected chi connectivity index (χ0v) is 12.1. The third kappa shape index (κ3) is 2.99. The molecule has 2 rings (SSSR count). The lowest BCUT2D eigenvalue weighted by atomic mass is 9.78. The summed E-state index contributed by atoms with van der Waals surface area (Å²) in [5.41, 5.74) is 0.914. The summed E-state index contributed by atoms with van der Waals surface area (Å²) in [6.45, 7) is 4.26. The van der Waals surface area contributed by atoms with Crippen LogP contribution in [0.4, 0.5) is 0 Å². The highest BCUT2D eigenvalue weighted by atomic mass is 16.2. The van der Waals surface area contributed by atoms with Gasteiger partial charge in [0, 0.05) is 6.04 Å². The normalized spacial score (nSPS) is 19.1. The molecule has 1 aliphatic rings. The Balaban J connectivity index is 2.18. The Bertz CT molecular complexity index is 407. The summed E-state index contributed by atoms with van der Waals surface area (Å²) in [6.07, 6.45) is 6.45. The molecule has 1 aromatic carbocycles. The largest absolute Gasteiger partial charge is 0.353 e. The van der Waals surface area contributed by atoms with Crippen LogP contribution in [0.3, 0.4) is 0 Å². The monoisotopic (exact) mass is 259 g/mol. The van der Waals surface area contributed by atoms with Gasteiger partial charge in [-0.1, -0.05) is 56.5 Å². The van der Waals surface area contributed by atoms with Crippen LogP contribution in [0.5, 0.6) is 0 Å². The van der Waals surface area contributed by atoms with Gasteiger partial charge < -0.3 is 5.32 Å². The molecule has 2 nitrogen and oxygen atoms in total. The number of carbonyl (C=O) groups excluding carboxylic acids is 1. The molecule has 2 heteroatoms. The van der Waals surface area contributed by atoms with Crippen molar-refractivity contribution in [2.75, 3.05) is 0 Å². The van der Waals surface area contributed by atoms with Gasteiger partial charge in [0.05, 0.1) is 5.41 Å². The Morgan fingerprint density at radius 1 is 1.26 bits per heavy atom. The van der Waals surface area contributed by atoms with E-state index in [2.05, 4.69) is 31.3 Å². The van der Waals surface area contributed by atoms with Crippen LogP contribution in [0.1, 0.15) is 57.9 Å². The Morgan fingerprint density at radius 3 is 2.47 bits per heavy atom. The summed E-state index contributed by atoms with van der Waals surface area (Å²) in [7, 11) is 0. The minimum atomic E-state index is -0.275. The first-order valence-electron chi connectivity index (χ1n) is 7.55. The number of hydrogen-bond donors (Lipinski definition) is 1. The average molecular weight is 259 g/mol. The molecule has 0 saturated heterocycles. The van der Waals surface area contributed by atoms with Crippen molar-refractivity contribution < 1.29 is 4.79 Å². The van der Waals surface area contributed by atoms with E-state index in [1.54, 1.807) is 0 Å². The number of benzene rings is 1. The number of amides is 1. The molecule has 0 aromatic heterocycles. The Morgan fingerprint density at radius 2 is 1.89 bits per heavy atom. The maximum Gasteiger partial charge on any atom is 0.230 e. The molecule has 0 radical (unpaired) electrons. The van der Waals surface area contributed by atoms with Gasteiger partial charge in [-0.25, -0.2) is 0 Å². The smallest absolute Gasteiger partial charge is 0.230 e. The van der Waals surface area contributed by atoms with Crippen LogP contribution in [-0.2, 0) is 10.2 Å². The summed E-state index contributed by atoms with van der Waals surface area (Å²) < 4.78 is 0. The molecule has 0 heterocycles. The van der Waals surface area contributed by atoms with Gasteiger partial charge in [-0.05, 0) is 31.7 Å². The fourth-order valence-corrected chi connectivity index (χ4v) is 3.25. The van der Waals surface area contributed by atoms with E-state index >= 15 is 0 Å². The van der Waals surface area contributed by atoms with Crippen molar-refractivity contribution in [1.82, 2.24) is 5.32 Å². The molecule has 1 unspecified atom stereocenters. The minimum absolute atomic E-state index is 0.233. The summed E-state index contributed by atoms with van der Waals surface area (Å²) in [4.78, 5) is 12.7. The highest BCUT2D eigenvalue weighted by Gasteiger charge is 2.42. The molecule has 1 fully saturated rings. The molecule has 0 spiro atoms. The van der Waals surface area contributed by atoms with E-state index in [-0.39, 0.29) is 17.4 Å². The van der Waals surface area contributed by atoms with Gasteiger partial charge in [-0.3, -0.25) is 4.79 Å². The van der Waals surface area contributed by atoms with Crippen molar-refractivity contribution >= 4 is 5.91 Å².